The van der Waals surface area contributed by atoms with Gasteiger partial charge in [-0.05, 0) is 19.1 Å². The highest BCUT2D eigenvalue weighted by atomic mass is 79.9. The summed E-state index contributed by atoms with van der Waals surface area (Å²) < 4.78 is 0.976. The normalized spacial score (nSPS) is 22.2. The van der Waals surface area contributed by atoms with Crippen LogP contribution in [0.5, 0.6) is 0 Å². The Hall–Kier alpha value is -0.940. The van der Waals surface area contributed by atoms with Crippen LogP contribution < -0.4 is 10.6 Å². The van der Waals surface area contributed by atoms with Gasteiger partial charge in [-0.1, -0.05) is 45.9 Å². The average Bonchev–Trinajstić information content (AvgIpc) is 2.68. The molecule has 0 aromatic heterocycles. The first kappa shape index (κ1) is 12.5. The molecule has 1 aliphatic heterocycles. The fourth-order valence-corrected chi connectivity index (χ4v) is 2.82. The molecule has 3 nitrogen and oxygen atoms in total. The Labute approximate surface area is 113 Å². The van der Waals surface area contributed by atoms with Crippen molar-refractivity contribution in [2.24, 2.45) is 0 Å². The van der Waals surface area contributed by atoms with Gasteiger partial charge in [0.1, 0.15) is 0 Å². The van der Waals surface area contributed by atoms with Gasteiger partial charge in [0.15, 0.2) is 0 Å². The zero-order valence-electron chi connectivity index (χ0n) is 9.37. The third kappa shape index (κ3) is 3.26. The van der Waals surface area contributed by atoms with Gasteiger partial charge in [-0.25, -0.2) is 0 Å². The summed E-state index contributed by atoms with van der Waals surface area (Å²) in [6, 6.07) is 9.96. The highest BCUT2D eigenvalue weighted by Gasteiger charge is 2.26. The van der Waals surface area contributed by atoms with Crippen molar-refractivity contribution in [1.29, 1.82) is 0 Å². The summed E-state index contributed by atoms with van der Waals surface area (Å²) in [5, 5.41) is 7.04. The minimum absolute atomic E-state index is 0.00530. The number of carbonyl (C=O) groups excluding carboxylic acids is 1. The molecular formula is C12H13BrN2OS. The van der Waals surface area contributed by atoms with Crippen LogP contribution in [0.3, 0.4) is 0 Å². The molecule has 2 rings (SSSR count). The second-order valence-corrected chi connectivity index (χ2v) is 6.01. The molecule has 1 unspecified atom stereocenters. The van der Waals surface area contributed by atoms with E-state index in [-0.39, 0.29) is 11.2 Å². The van der Waals surface area contributed by atoms with E-state index in [0.717, 1.165) is 15.2 Å². The highest BCUT2D eigenvalue weighted by Crippen LogP contribution is 2.31. The van der Waals surface area contributed by atoms with E-state index in [4.69, 9.17) is 0 Å². The Kier molecular flexibility index (Phi) is 4.12. The van der Waals surface area contributed by atoms with Crippen LogP contribution >= 0.6 is 27.7 Å². The SMILES string of the molecule is CC1S/C(=C(\Br)CNc2ccccc2)NC1=O. The van der Waals surface area contributed by atoms with Crippen LogP contribution in [0.1, 0.15) is 6.92 Å². The summed E-state index contributed by atoms with van der Waals surface area (Å²) in [5.74, 6) is 0.0710. The molecule has 1 heterocycles. The van der Waals surface area contributed by atoms with Gasteiger partial charge in [0, 0.05) is 16.7 Å². The number of halogens is 1. The minimum atomic E-state index is -0.00530. The van der Waals surface area contributed by atoms with Crippen molar-refractivity contribution in [1.82, 2.24) is 5.32 Å². The van der Waals surface area contributed by atoms with Crippen molar-refractivity contribution >= 4 is 39.3 Å². The van der Waals surface area contributed by atoms with E-state index in [1.165, 1.54) is 0 Å². The van der Waals surface area contributed by atoms with Gasteiger partial charge >= 0.3 is 0 Å². The number of amides is 1. The second kappa shape index (κ2) is 5.60. The van der Waals surface area contributed by atoms with Crippen LogP contribution in [-0.4, -0.2) is 17.7 Å². The summed E-state index contributed by atoms with van der Waals surface area (Å²) in [6.45, 7) is 2.57. The molecule has 1 atom stereocenters. The number of anilines is 1. The Morgan fingerprint density at radius 3 is 2.76 bits per heavy atom. The molecular weight excluding hydrogens is 300 g/mol. The maximum atomic E-state index is 11.4. The summed E-state index contributed by atoms with van der Waals surface area (Å²) >= 11 is 5.05. The van der Waals surface area contributed by atoms with E-state index in [9.17, 15) is 4.79 Å². The number of rotatable bonds is 3. The van der Waals surface area contributed by atoms with E-state index in [1.807, 2.05) is 37.3 Å². The predicted molar refractivity (Wildman–Crippen MR) is 76.1 cm³/mol. The van der Waals surface area contributed by atoms with E-state index in [0.29, 0.717) is 6.54 Å². The van der Waals surface area contributed by atoms with E-state index in [1.54, 1.807) is 11.8 Å². The molecule has 0 bridgehead atoms. The van der Waals surface area contributed by atoms with Gasteiger partial charge in [-0.3, -0.25) is 4.79 Å². The summed E-state index contributed by atoms with van der Waals surface area (Å²) in [4.78, 5) is 11.4. The minimum Gasteiger partial charge on any atom is -0.380 e. The standard InChI is InChI=1S/C12H13BrN2OS/c1-8-11(16)15-12(17-8)10(13)7-14-9-5-3-2-4-6-9/h2-6,8,14H,7H2,1H3,(H,15,16)/b12-10-. The topological polar surface area (TPSA) is 41.1 Å². The van der Waals surface area contributed by atoms with Crippen molar-refractivity contribution in [2.75, 3.05) is 11.9 Å². The Morgan fingerprint density at radius 2 is 2.18 bits per heavy atom. The first-order chi connectivity index (χ1) is 8.16. The van der Waals surface area contributed by atoms with Crippen LogP contribution in [0.15, 0.2) is 39.8 Å². The highest BCUT2D eigenvalue weighted by molar-refractivity contribution is 9.11. The fraction of sp³-hybridized carbons (Fsp3) is 0.250. The summed E-state index contributed by atoms with van der Waals surface area (Å²) in [7, 11) is 0. The molecule has 1 aromatic rings. The Bertz CT molecular complexity index is 447. The third-order valence-corrected chi connectivity index (χ3v) is 4.46. The molecule has 0 saturated carbocycles. The quantitative estimate of drug-likeness (QED) is 0.901. The lowest BCUT2D eigenvalue weighted by molar-refractivity contribution is -0.119. The molecule has 90 valence electrons. The molecule has 1 aromatic carbocycles. The Morgan fingerprint density at radius 1 is 1.47 bits per heavy atom. The van der Waals surface area contributed by atoms with Gasteiger partial charge in [0.25, 0.3) is 0 Å². The number of carbonyl (C=O) groups is 1. The molecule has 0 spiro atoms. The van der Waals surface area contributed by atoms with Crippen LogP contribution in [-0.2, 0) is 4.79 Å². The van der Waals surface area contributed by atoms with E-state index in [2.05, 4.69) is 26.6 Å². The lowest BCUT2D eigenvalue weighted by atomic mass is 10.3. The zero-order chi connectivity index (χ0) is 12.3. The van der Waals surface area contributed by atoms with Gasteiger partial charge < -0.3 is 10.6 Å². The first-order valence-electron chi connectivity index (χ1n) is 5.32. The van der Waals surface area contributed by atoms with Crippen molar-refractivity contribution in [3.05, 3.63) is 39.8 Å². The van der Waals surface area contributed by atoms with Crippen LogP contribution in [0, 0.1) is 0 Å². The van der Waals surface area contributed by atoms with E-state index < -0.39 is 0 Å². The molecule has 17 heavy (non-hydrogen) atoms. The predicted octanol–water partition coefficient (Wildman–Crippen LogP) is 2.91. The Balaban J connectivity index is 1.96. The number of hydrogen-bond donors (Lipinski definition) is 2. The maximum Gasteiger partial charge on any atom is 0.238 e. The number of benzene rings is 1. The number of thioether (sulfide) groups is 1. The molecule has 2 N–H and O–H groups in total. The monoisotopic (exact) mass is 312 g/mol. The van der Waals surface area contributed by atoms with Crippen LogP contribution in [0.4, 0.5) is 5.69 Å². The molecule has 1 aliphatic rings. The van der Waals surface area contributed by atoms with E-state index >= 15 is 0 Å². The van der Waals surface area contributed by atoms with Crippen molar-refractivity contribution in [2.45, 2.75) is 12.2 Å². The molecule has 1 saturated heterocycles. The largest absolute Gasteiger partial charge is 0.380 e. The van der Waals surface area contributed by atoms with Crippen LogP contribution in [0.25, 0.3) is 0 Å². The summed E-state index contributed by atoms with van der Waals surface area (Å²) in [6.07, 6.45) is 0. The van der Waals surface area contributed by atoms with Gasteiger partial charge in [-0.2, -0.15) is 0 Å². The maximum absolute atomic E-state index is 11.4. The molecule has 0 radical (unpaired) electrons. The third-order valence-electron chi connectivity index (χ3n) is 2.37. The smallest absolute Gasteiger partial charge is 0.238 e. The lowest BCUT2D eigenvalue weighted by Crippen LogP contribution is -2.20. The van der Waals surface area contributed by atoms with Gasteiger partial charge in [0.05, 0.1) is 10.3 Å². The first-order valence-corrected chi connectivity index (χ1v) is 6.99. The molecule has 1 amide bonds. The summed E-state index contributed by atoms with van der Waals surface area (Å²) in [5.41, 5.74) is 1.06. The van der Waals surface area contributed by atoms with Crippen molar-refractivity contribution in [3.63, 3.8) is 0 Å². The molecule has 5 heteroatoms. The lowest BCUT2D eigenvalue weighted by Gasteiger charge is -2.07. The second-order valence-electron chi connectivity index (χ2n) is 3.70. The zero-order valence-corrected chi connectivity index (χ0v) is 11.8. The molecule has 1 fully saturated rings. The van der Waals surface area contributed by atoms with Gasteiger partial charge in [-0.15, -0.1) is 0 Å². The van der Waals surface area contributed by atoms with Gasteiger partial charge in [0.2, 0.25) is 5.91 Å². The number of hydrogen-bond acceptors (Lipinski definition) is 3. The molecule has 0 aliphatic carbocycles. The number of nitrogens with one attached hydrogen (secondary N) is 2. The van der Waals surface area contributed by atoms with Crippen molar-refractivity contribution in [3.8, 4) is 0 Å². The number of para-hydroxylation sites is 1. The average molecular weight is 313 g/mol. The van der Waals surface area contributed by atoms with Crippen LogP contribution in [0.2, 0.25) is 0 Å². The fourth-order valence-electron chi connectivity index (χ4n) is 1.42. The van der Waals surface area contributed by atoms with Crippen molar-refractivity contribution < 1.29 is 4.79 Å².